The molecule has 22 heavy (non-hydrogen) atoms. The summed E-state index contributed by atoms with van der Waals surface area (Å²) < 4.78 is 13.6. The predicted molar refractivity (Wildman–Crippen MR) is 85.5 cm³/mol. The van der Waals surface area contributed by atoms with E-state index in [-0.39, 0.29) is 24.1 Å². The summed E-state index contributed by atoms with van der Waals surface area (Å²) in [7, 11) is 1.93. The number of halogens is 2. The van der Waals surface area contributed by atoms with Crippen LogP contribution in [0.3, 0.4) is 0 Å². The van der Waals surface area contributed by atoms with Crippen molar-refractivity contribution < 1.29 is 14.3 Å². The van der Waals surface area contributed by atoms with E-state index in [2.05, 4.69) is 5.32 Å². The molecule has 1 fully saturated rings. The Morgan fingerprint density at radius 2 is 2.27 bits per heavy atom. The van der Waals surface area contributed by atoms with Crippen LogP contribution in [0.4, 0.5) is 10.1 Å². The van der Waals surface area contributed by atoms with Gasteiger partial charge in [0.15, 0.2) is 0 Å². The summed E-state index contributed by atoms with van der Waals surface area (Å²) in [6.45, 7) is 1.36. The van der Waals surface area contributed by atoms with E-state index in [9.17, 15) is 14.3 Å². The summed E-state index contributed by atoms with van der Waals surface area (Å²) in [6, 6.07) is 4.16. The molecule has 0 spiro atoms. The smallest absolute Gasteiger partial charge is 0.225 e. The molecule has 1 aromatic rings. The Morgan fingerprint density at radius 1 is 1.50 bits per heavy atom. The van der Waals surface area contributed by atoms with Gasteiger partial charge in [-0.1, -0.05) is 18.0 Å². The van der Waals surface area contributed by atoms with E-state index in [0.29, 0.717) is 17.5 Å². The molecule has 0 aliphatic heterocycles. The molecular weight excluding hydrogens is 307 g/mol. The van der Waals surface area contributed by atoms with Crippen LogP contribution in [0.25, 0.3) is 0 Å². The summed E-state index contributed by atoms with van der Waals surface area (Å²) in [5.41, 5.74) is 0.142. The van der Waals surface area contributed by atoms with Gasteiger partial charge in [0.05, 0.1) is 11.8 Å². The lowest BCUT2D eigenvalue weighted by Gasteiger charge is -2.22. The molecule has 2 N–H and O–H groups in total. The van der Waals surface area contributed by atoms with Crippen molar-refractivity contribution in [3.8, 4) is 0 Å². The van der Waals surface area contributed by atoms with Crippen molar-refractivity contribution in [3.63, 3.8) is 0 Å². The fourth-order valence-corrected chi connectivity index (χ4v) is 2.98. The molecule has 1 amide bonds. The number of hydrogen-bond donors (Lipinski definition) is 2. The number of benzene rings is 1. The largest absolute Gasteiger partial charge is 0.393 e. The standard InChI is InChI=1S/C16H22ClFN2O2/c1-20(10-11-3-2-4-15(11)21)8-7-16(22)19-14-6-5-12(17)9-13(14)18/h5-6,9,11,15,21H,2-4,7-8,10H2,1H3,(H,19,22). The molecule has 0 bridgehead atoms. The molecule has 0 heterocycles. The molecule has 2 atom stereocenters. The first-order valence-electron chi connectivity index (χ1n) is 7.57. The highest BCUT2D eigenvalue weighted by atomic mass is 35.5. The number of aliphatic hydroxyl groups is 1. The van der Waals surface area contributed by atoms with Gasteiger partial charge in [0, 0.05) is 24.5 Å². The topological polar surface area (TPSA) is 52.6 Å². The first-order chi connectivity index (χ1) is 10.5. The van der Waals surface area contributed by atoms with E-state index in [1.54, 1.807) is 0 Å². The molecule has 6 heteroatoms. The SMILES string of the molecule is CN(CCC(=O)Nc1ccc(Cl)cc1F)CC1CCCC1O. The minimum atomic E-state index is -0.539. The Balaban J connectivity index is 1.75. The van der Waals surface area contributed by atoms with Gasteiger partial charge in [0.25, 0.3) is 0 Å². The lowest BCUT2D eigenvalue weighted by atomic mass is 10.1. The van der Waals surface area contributed by atoms with Gasteiger partial charge >= 0.3 is 0 Å². The van der Waals surface area contributed by atoms with Gasteiger partial charge in [-0.05, 0) is 44.0 Å². The zero-order valence-corrected chi connectivity index (χ0v) is 13.4. The Kier molecular flexibility index (Phi) is 6.17. The molecule has 1 aromatic carbocycles. The maximum Gasteiger partial charge on any atom is 0.225 e. The van der Waals surface area contributed by atoms with Crippen molar-refractivity contribution in [3.05, 3.63) is 29.0 Å². The van der Waals surface area contributed by atoms with Crippen LogP contribution in [0, 0.1) is 11.7 Å². The van der Waals surface area contributed by atoms with Gasteiger partial charge in [-0.3, -0.25) is 4.79 Å². The second-order valence-electron chi connectivity index (χ2n) is 5.94. The molecule has 1 aliphatic carbocycles. The molecule has 1 aliphatic rings. The van der Waals surface area contributed by atoms with Crippen LogP contribution in [-0.4, -0.2) is 42.2 Å². The molecule has 122 valence electrons. The summed E-state index contributed by atoms with van der Waals surface area (Å²) in [6.07, 6.45) is 3.03. The van der Waals surface area contributed by atoms with E-state index in [4.69, 9.17) is 11.6 Å². The fourth-order valence-electron chi connectivity index (χ4n) is 2.82. The van der Waals surface area contributed by atoms with Crippen molar-refractivity contribution in [2.45, 2.75) is 31.8 Å². The van der Waals surface area contributed by atoms with Gasteiger partial charge in [0.2, 0.25) is 5.91 Å². The number of hydrogen-bond acceptors (Lipinski definition) is 3. The molecule has 0 aromatic heterocycles. The van der Waals surface area contributed by atoms with Crippen LogP contribution >= 0.6 is 11.6 Å². The van der Waals surface area contributed by atoms with E-state index >= 15 is 0 Å². The highest BCUT2D eigenvalue weighted by Crippen LogP contribution is 2.26. The van der Waals surface area contributed by atoms with Gasteiger partial charge < -0.3 is 15.3 Å². The summed E-state index contributed by atoms with van der Waals surface area (Å²) in [5, 5.41) is 12.6. The lowest BCUT2D eigenvalue weighted by molar-refractivity contribution is -0.116. The Hall–Kier alpha value is -1.17. The summed E-state index contributed by atoms with van der Waals surface area (Å²) >= 11 is 5.67. The monoisotopic (exact) mass is 328 g/mol. The van der Waals surface area contributed by atoms with E-state index in [1.165, 1.54) is 18.2 Å². The number of amides is 1. The number of rotatable bonds is 6. The van der Waals surface area contributed by atoms with Crippen LogP contribution in [-0.2, 0) is 4.79 Å². The minimum absolute atomic E-state index is 0.142. The third-order valence-electron chi connectivity index (χ3n) is 4.09. The molecule has 2 unspecified atom stereocenters. The minimum Gasteiger partial charge on any atom is -0.393 e. The average molecular weight is 329 g/mol. The quantitative estimate of drug-likeness (QED) is 0.844. The Morgan fingerprint density at radius 3 is 2.91 bits per heavy atom. The van der Waals surface area contributed by atoms with E-state index in [0.717, 1.165) is 25.8 Å². The van der Waals surface area contributed by atoms with Crippen LogP contribution in [0.15, 0.2) is 18.2 Å². The fraction of sp³-hybridized carbons (Fsp3) is 0.562. The molecule has 1 saturated carbocycles. The number of aliphatic hydroxyl groups excluding tert-OH is 1. The highest BCUT2D eigenvalue weighted by molar-refractivity contribution is 6.30. The normalized spacial score (nSPS) is 21.3. The lowest BCUT2D eigenvalue weighted by Crippen LogP contribution is -2.32. The zero-order chi connectivity index (χ0) is 16.1. The van der Waals surface area contributed by atoms with Crippen LogP contribution in [0.2, 0.25) is 5.02 Å². The van der Waals surface area contributed by atoms with Crippen LogP contribution < -0.4 is 5.32 Å². The Bertz CT molecular complexity index is 527. The number of carbonyl (C=O) groups is 1. The molecular formula is C16H22ClFN2O2. The van der Waals surface area contributed by atoms with Gasteiger partial charge in [-0.15, -0.1) is 0 Å². The van der Waals surface area contributed by atoms with Crippen LogP contribution in [0.5, 0.6) is 0 Å². The van der Waals surface area contributed by atoms with Crippen LogP contribution in [0.1, 0.15) is 25.7 Å². The third kappa shape index (κ3) is 4.93. The summed E-state index contributed by atoms with van der Waals surface area (Å²) in [4.78, 5) is 13.9. The maximum absolute atomic E-state index is 13.6. The second-order valence-corrected chi connectivity index (χ2v) is 6.38. The maximum atomic E-state index is 13.6. The highest BCUT2D eigenvalue weighted by Gasteiger charge is 2.26. The summed E-state index contributed by atoms with van der Waals surface area (Å²) in [5.74, 6) is -0.481. The van der Waals surface area contributed by atoms with Crippen molar-refractivity contribution >= 4 is 23.2 Å². The number of nitrogens with one attached hydrogen (secondary N) is 1. The van der Waals surface area contributed by atoms with Crippen molar-refractivity contribution in [1.29, 1.82) is 0 Å². The number of nitrogens with zero attached hydrogens (tertiary/aromatic N) is 1. The van der Waals surface area contributed by atoms with Crippen molar-refractivity contribution in [1.82, 2.24) is 4.90 Å². The molecule has 2 rings (SSSR count). The van der Waals surface area contributed by atoms with E-state index in [1.807, 2.05) is 11.9 Å². The van der Waals surface area contributed by atoms with E-state index < -0.39 is 5.82 Å². The van der Waals surface area contributed by atoms with Gasteiger partial charge in [-0.2, -0.15) is 0 Å². The predicted octanol–water partition coefficient (Wildman–Crippen LogP) is 2.90. The van der Waals surface area contributed by atoms with Gasteiger partial charge in [0.1, 0.15) is 5.82 Å². The first kappa shape index (κ1) is 17.2. The number of anilines is 1. The van der Waals surface area contributed by atoms with Gasteiger partial charge in [-0.25, -0.2) is 4.39 Å². The number of carbonyl (C=O) groups excluding carboxylic acids is 1. The third-order valence-corrected chi connectivity index (χ3v) is 4.33. The Labute approximate surface area is 135 Å². The van der Waals surface area contributed by atoms with Crippen molar-refractivity contribution in [2.24, 2.45) is 5.92 Å². The zero-order valence-electron chi connectivity index (χ0n) is 12.7. The first-order valence-corrected chi connectivity index (χ1v) is 7.95. The second kappa shape index (κ2) is 7.90. The average Bonchev–Trinajstić information content (AvgIpc) is 2.85. The molecule has 0 radical (unpaired) electrons. The molecule has 4 nitrogen and oxygen atoms in total. The molecule has 0 saturated heterocycles. The van der Waals surface area contributed by atoms with Crippen molar-refractivity contribution in [2.75, 3.05) is 25.5 Å².